The summed E-state index contributed by atoms with van der Waals surface area (Å²) in [5.41, 5.74) is 1.21. The molecule has 0 bridgehead atoms. The van der Waals surface area contributed by atoms with Crippen molar-refractivity contribution in [2.45, 2.75) is 19.6 Å². The molecule has 29 heavy (non-hydrogen) atoms. The van der Waals surface area contributed by atoms with Crippen molar-refractivity contribution in [3.8, 4) is 11.8 Å². The number of rotatable bonds is 7. The standard InChI is InChI=1S/C22H19N3O4/c1-15(29-17-10-8-16(13-23)9-11-17)21(26)25-20-7-3-2-6-19(20)22(27)24-14-18-5-4-12-28-18/h2-12,15H,14H2,1H3,(H,24,27)(H,25,26). The molecular formula is C22H19N3O4. The number of benzene rings is 2. The number of anilines is 1. The van der Waals surface area contributed by atoms with Gasteiger partial charge in [-0.3, -0.25) is 9.59 Å². The Morgan fingerprint density at radius 2 is 1.86 bits per heavy atom. The van der Waals surface area contributed by atoms with Gasteiger partial charge >= 0.3 is 0 Å². The van der Waals surface area contributed by atoms with E-state index in [4.69, 9.17) is 14.4 Å². The van der Waals surface area contributed by atoms with Crippen molar-refractivity contribution in [2.75, 3.05) is 5.32 Å². The van der Waals surface area contributed by atoms with E-state index in [2.05, 4.69) is 10.6 Å². The number of hydrogen-bond donors (Lipinski definition) is 2. The Balaban J connectivity index is 1.63. The van der Waals surface area contributed by atoms with Crippen LogP contribution in [0, 0.1) is 11.3 Å². The highest BCUT2D eigenvalue weighted by Crippen LogP contribution is 2.18. The Hall–Kier alpha value is -4.05. The minimum Gasteiger partial charge on any atom is -0.481 e. The molecule has 1 atom stereocenters. The molecule has 7 nitrogen and oxygen atoms in total. The first kappa shape index (κ1) is 19.7. The maximum Gasteiger partial charge on any atom is 0.265 e. The van der Waals surface area contributed by atoms with E-state index < -0.39 is 12.0 Å². The van der Waals surface area contributed by atoms with Crippen LogP contribution in [-0.2, 0) is 11.3 Å². The summed E-state index contributed by atoms with van der Waals surface area (Å²) < 4.78 is 10.8. The first-order chi connectivity index (χ1) is 14.1. The SMILES string of the molecule is CC(Oc1ccc(C#N)cc1)C(=O)Nc1ccccc1C(=O)NCc1ccco1. The van der Waals surface area contributed by atoms with Crippen molar-refractivity contribution in [3.63, 3.8) is 0 Å². The van der Waals surface area contributed by atoms with E-state index in [-0.39, 0.29) is 12.5 Å². The molecule has 7 heteroatoms. The second kappa shape index (κ2) is 9.24. The summed E-state index contributed by atoms with van der Waals surface area (Å²) in [5.74, 6) is 0.360. The lowest BCUT2D eigenvalue weighted by molar-refractivity contribution is -0.122. The summed E-state index contributed by atoms with van der Waals surface area (Å²) in [6.07, 6.45) is 0.729. The first-order valence-corrected chi connectivity index (χ1v) is 8.94. The molecular weight excluding hydrogens is 370 g/mol. The van der Waals surface area contributed by atoms with Crippen LogP contribution in [0.15, 0.2) is 71.3 Å². The van der Waals surface area contributed by atoms with E-state index in [1.807, 2.05) is 6.07 Å². The lowest BCUT2D eigenvalue weighted by atomic mass is 10.1. The number of para-hydroxylation sites is 1. The van der Waals surface area contributed by atoms with Crippen LogP contribution in [0.5, 0.6) is 5.75 Å². The third kappa shape index (κ3) is 5.23. The molecule has 3 rings (SSSR count). The second-order valence-corrected chi connectivity index (χ2v) is 6.19. The van der Waals surface area contributed by atoms with Crippen LogP contribution in [-0.4, -0.2) is 17.9 Å². The Morgan fingerprint density at radius 1 is 1.10 bits per heavy atom. The van der Waals surface area contributed by atoms with Gasteiger partial charge in [-0.15, -0.1) is 0 Å². The molecule has 1 aromatic heterocycles. The van der Waals surface area contributed by atoms with Gasteiger partial charge in [-0.25, -0.2) is 0 Å². The molecule has 0 saturated carbocycles. The molecule has 2 N–H and O–H groups in total. The number of furan rings is 1. The van der Waals surface area contributed by atoms with Crippen molar-refractivity contribution in [2.24, 2.45) is 0 Å². The molecule has 3 aromatic rings. The lowest BCUT2D eigenvalue weighted by Gasteiger charge is -2.16. The average molecular weight is 389 g/mol. The molecule has 0 fully saturated rings. The third-order valence-corrected chi connectivity index (χ3v) is 4.10. The molecule has 0 aliphatic carbocycles. The molecule has 1 unspecified atom stereocenters. The summed E-state index contributed by atoms with van der Waals surface area (Å²) in [7, 11) is 0. The fourth-order valence-corrected chi connectivity index (χ4v) is 2.57. The van der Waals surface area contributed by atoms with Crippen LogP contribution in [0.4, 0.5) is 5.69 Å². The number of amides is 2. The van der Waals surface area contributed by atoms with Gasteiger partial charge in [-0.2, -0.15) is 5.26 Å². The molecule has 146 valence electrons. The van der Waals surface area contributed by atoms with Gasteiger partial charge in [0.05, 0.1) is 35.7 Å². The van der Waals surface area contributed by atoms with Gasteiger partial charge in [0.2, 0.25) is 0 Å². The van der Waals surface area contributed by atoms with Crippen molar-refractivity contribution < 1.29 is 18.7 Å². The number of hydrogen-bond acceptors (Lipinski definition) is 5. The number of carbonyl (C=O) groups excluding carboxylic acids is 2. The zero-order valence-electron chi connectivity index (χ0n) is 15.7. The van der Waals surface area contributed by atoms with Crippen LogP contribution in [0.25, 0.3) is 0 Å². The monoisotopic (exact) mass is 389 g/mol. The quantitative estimate of drug-likeness (QED) is 0.644. The largest absolute Gasteiger partial charge is 0.481 e. The summed E-state index contributed by atoms with van der Waals surface area (Å²) in [6.45, 7) is 1.85. The van der Waals surface area contributed by atoms with E-state index in [9.17, 15) is 9.59 Å². The fourth-order valence-electron chi connectivity index (χ4n) is 2.57. The Morgan fingerprint density at radius 3 is 2.55 bits per heavy atom. The van der Waals surface area contributed by atoms with Gasteiger partial charge in [-0.05, 0) is 55.5 Å². The molecule has 0 radical (unpaired) electrons. The van der Waals surface area contributed by atoms with Crippen LogP contribution < -0.4 is 15.4 Å². The predicted molar refractivity (Wildman–Crippen MR) is 106 cm³/mol. The van der Waals surface area contributed by atoms with Crippen LogP contribution in [0.3, 0.4) is 0 Å². The number of nitrogens with one attached hydrogen (secondary N) is 2. The van der Waals surface area contributed by atoms with E-state index in [0.29, 0.717) is 28.3 Å². The van der Waals surface area contributed by atoms with E-state index >= 15 is 0 Å². The molecule has 0 aliphatic rings. The van der Waals surface area contributed by atoms with Crippen molar-refractivity contribution in [3.05, 3.63) is 83.8 Å². The number of nitriles is 1. The van der Waals surface area contributed by atoms with Gasteiger partial charge in [0.25, 0.3) is 11.8 Å². The smallest absolute Gasteiger partial charge is 0.265 e. The first-order valence-electron chi connectivity index (χ1n) is 8.94. The number of ether oxygens (including phenoxy) is 1. The zero-order valence-corrected chi connectivity index (χ0v) is 15.7. The highest BCUT2D eigenvalue weighted by molar-refractivity contribution is 6.04. The maximum absolute atomic E-state index is 12.5. The Labute approximate surface area is 167 Å². The minimum absolute atomic E-state index is 0.242. The Bertz CT molecular complexity index is 1020. The van der Waals surface area contributed by atoms with Crippen LogP contribution in [0.1, 0.15) is 28.6 Å². The summed E-state index contributed by atoms with van der Waals surface area (Å²) in [4.78, 5) is 25.0. The Kier molecular flexibility index (Phi) is 6.28. The molecule has 2 amide bonds. The molecule has 0 aliphatic heterocycles. The van der Waals surface area contributed by atoms with Crippen molar-refractivity contribution >= 4 is 17.5 Å². The summed E-state index contributed by atoms with van der Waals surface area (Å²) >= 11 is 0. The van der Waals surface area contributed by atoms with E-state index in [1.54, 1.807) is 67.6 Å². The third-order valence-electron chi connectivity index (χ3n) is 4.10. The molecule has 0 spiro atoms. The van der Waals surface area contributed by atoms with Gasteiger partial charge in [0.1, 0.15) is 11.5 Å². The maximum atomic E-state index is 12.5. The number of carbonyl (C=O) groups is 2. The molecule has 0 saturated heterocycles. The normalized spacial score (nSPS) is 11.2. The number of nitrogens with zero attached hydrogens (tertiary/aromatic N) is 1. The topological polar surface area (TPSA) is 104 Å². The predicted octanol–water partition coefficient (Wildman–Crippen LogP) is 3.49. The van der Waals surface area contributed by atoms with Gasteiger partial charge in [-0.1, -0.05) is 12.1 Å². The zero-order chi connectivity index (χ0) is 20.6. The van der Waals surface area contributed by atoms with Gasteiger partial charge in [0, 0.05) is 0 Å². The van der Waals surface area contributed by atoms with Gasteiger partial charge in [0.15, 0.2) is 6.10 Å². The van der Waals surface area contributed by atoms with Crippen LogP contribution in [0.2, 0.25) is 0 Å². The summed E-state index contributed by atoms with van der Waals surface area (Å²) in [5, 5.41) is 14.3. The van der Waals surface area contributed by atoms with Crippen molar-refractivity contribution in [1.29, 1.82) is 5.26 Å². The molecule has 2 aromatic carbocycles. The van der Waals surface area contributed by atoms with Crippen LogP contribution >= 0.6 is 0 Å². The van der Waals surface area contributed by atoms with Crippen molar-refractivity contribution in [1.82, 2.24) is 5.32 Å². The highest BCUT2D eigenvalue weighted by atomic mass is 16.5. The minimum atomic E-state index is -0.804. The highest BCUT2D eigenvalue weighted by Gasteiger charge is 2.18. The van der Waals surface area contributed by atoms with Gasteiger partial charge < -0.3 is 19.8 Å². The summed E-state index contributed by atoms with van der Waals surface area (Å²) in [6, 6.07) is 18.7. The lowest BCUT2D eigenvalue weighted by Crippen LogP contribution is -2.31. The van der Waals surface area contributed by atoms with E-state index in [0.717, 1.165) is 0 Å². The second-order valence-electron chi connectivity index (χ2n) is 6.19. The molecule has 1 heterocycles. The fraction of sp³-hybridized carbons (Fsp3) is 0.136. The van der Waals surface area contributed by atoms with E-state index in [1.165, 1.54) is 6.26 Å². The average Bonchev–Trinajstić information content (AvgIpc) is 3.26.